The van der Waals surface area contributed by atoms with Crippen LogP contribution in [0.5, 0.6) is 5.75 Å². The molecule has 1 saturated heterocycles. The van der Waals surface area contributed by atoms with Gasteiger partial charge in [-0.2, -0.15) is 0 Å². The second kappa shape index (κ2) is 6.10. The van der Waals surface area contributed by atoms with Crippen LogP contribution in [0.3, 0.4) is 0 Å². The van der Waals surface area contributed by atoms with Crippen molar-refractivity contribution in [3.8, 4) is 5.75 Å². The number of carboxylic acids is 1. The lowest BCUT2D eigenvalue weighted by Gasteiger charge is -2.33. The lowest BCUT2D eigenvalue weighted by Crippen LogP contribution is -2.46. The molecule has 2 aliphatic rings. The topological polar surface area (TPSA) is 121 Å². The number of nitro groups is 1. The number of hydrogen-bond donors (Lipinski definition) is 2. The number of phenolic OH excluding ortho intramolecular Hbond substituents is 1. The lowest BCUT2D eigenvalue weighted by molar-refractivity contribution is -0.385. The molecule has 8 heteroatoms. The van der Waals surface area contributed by atoms with Crippen molar-refractivity contribution in [1.82, 2.24) is 4.90 Å². The highest BCUT2D eigenvalue weighted by molar-refractivity contribution is 5.98. The summed E-state index contributed by atoms with van der Waals surface area (Å²) in [6.07, 6.45) is 4.09. The van der Waals surface area contributed by atoms with Crippen molar-refractivity contribution in [2.75, 3.05) is 0 Å². The first kappa shape index (κ1) is 16.2. The van der Waals surface area contributed by atoms with E-state index in [9.17, 15) is 29.9 Å². The fourth-order valence-electron chi connectivity index (χ4n) is 3.93. The Labute approximate surface area is 137 Å². The number of carbonyl (C=O) groups excluding carboxylic acids is 1. The van der Waals surface area contributed by atoms with E-state index in [1.807, 2.05) is 0 Å². The molecule has 24 heavy (non-hydrogen) atoms. The summed E-state index contributed by atoms with van der Waals surface area (Å²) in [6.45, 7) is 0. The summed E-state index contributed by atoms with van der Waals surface area (Å²) in [5, 5.41) is 30.0. The fourth-order valence-corrected chi connectivity index (χ4v) is 3.93. The molecule has 1 aromatic carbocycles. The summed E-state index contributed by atoms with van der Waals surface area (Å²) in [4.78, 5) is 35.8. The number of likely N-dealkylation sites (tertiary alicyclic amines) is 1. The van der Waals surface area contributed by atoms with Crippen LogP contribution < -0.4 is 0 Å². The number of aliphatic carboxylic acids is 1. The Morgan fingerprint density at radius 2 is 1.96 bits per heavy atom. The molecule has 1 amide bonds. The van der Waals surface area contributed by atoms with E-state index in [-0.39, 0.29) is 17.5 Å². The highest BCUT2D eigenvalue weighted by atomic mass is 16.6. The minimum Gasteiger partial charge on any atom is -0.502 e. The molecule has 1 aliphatic heterocycles. The predicted octanol–water partition coefficient (Wildman–Crippen LogP) is 2.16. The Morgan fingerprint density at radius 3 is 2.58 bits per heavy atom. The lowest BCUT2D eigenvalue weighted by atomic mass is 9.84. The van der Waals surface area contributed by atoms with E-state index in [1.165, 1.54) is 11.0 Å². The van der Waals surface area contributed by atoms with Crippen molar-refractivity contribution in [3.05, 3.63) is 33.9 Å². The van der Waals surface area contributed by atoms with E-state index in [4.69, 9.17) is 0 Å². The molecule has 128 valence electrons. The van der Waals surface area contributed by atoms with Crippen LogP contribution in [0.25, 0.3) is 0 Å². The minimum absolute atomic E-state index is 0.0653. The Hall–Kier alpha value is -2.64. The van der Waals surface area contributed by atoms with Gasteiger partial charge in [0.1, 0.15) is 6.04 Å². The summed E-state index contributed by atoms with van der Waals surface area (Å²) < 4.78 is 0. The van der Waals surface area contributed by atoms with E-state index in [2.05, 4.69) is 0 Å². The van der Waals surface area contributed by atoms with Gasteiger partial charge in [-0.15, -0.1) is 0 Å². The first-order valence-corrected chi connectivity index (χ1v) is 7.93. The van der Waals surface area contributed by atoms with Gasteiger partial charge in [0.05, 0.1) is 4.92 Å². The van der Waals surface area contributed by atoms with Crippen LogP contribution >= 0.6 is 0 Å². The average Bonchev–Trinajstić information content (AvgIpc) is 2.93. The Morgan fingerprint density at radius 1 is 1.25 bits per heavy atom. The van der Waals surface area contributed by atoms with Crippen molar-refractivity contribution in [1.29, 1.82) is 0 Å². The van der Waals surface area contributed by atoms with E-state index in [0.717, 1.165) is 37.8 Å². The van der Waals surface area contributed by atoms with Gasteiger partial charge >= 0.3 is 11.7 Å². The van der Waals surface area contributed by atoms with Crippen LogP contribution in [0.15, 0.2) is 18.2 Å². The molecule has 8 nitrogen and oxygen atoms in total. The number of carbonyl (C=O) groups is 2. The normalized spacial score (nSPS) is 26.0. The van der Waals surface area contributed by atoms with Crippen molar-refractivity contribution in [3.63, 3.8) is 0 Å². The van der Waals surface area contributed by atoms with Crippen LogP contribution in [-0.4, -0.2) is 44.0 Å². The van der Waals surface area contributed by atoms with Crippen molar-refractivity contribution < 1.29 is 24.7 Å². The van der Waals surface area contributed by atoms with E-state index < -0.39 is 34.3 Å². The van der Waals surface area contributed by atoms with Crippen LogP contribution in [0.2, 0.25) is 0 Å². The van der Waals surface area contributed by atoms with Gasteiger partial charge in [-0.1, -0.05) is 12.8 Å². The van der Waals surface area contributed by atoms with E-state index >= 15 is 0 Å². The number of benzene rings is 1. The van der Waals surface area contributed by atoms with Crippen molar-refractivity contribution in [2.24, 2.45) is 5.92 Å². The highest BCUT2D eigenvalue weighted by Crippen LogP contribution is 2.41. The quantitative estimate of drug-likeness (QED) is 0.645. The predicted molar refractivity (Wildman–Crippen MR) is 82.7 cm³/mol. The molecular weight excluding hydrogens is 316 g/mol. The number of nitro benzene ring substituents is 1. The second-order valence-corrected chi connectivity index (χ2v) is 6.37. The summed E-state index contributed by atoms with van der Waals surface area (Å²) >= 11 is 0. The number of fused-ring (bicyclic) bond motifs is 1. The molecule has 1 aromatic rings. The zero-order chi connectivity index (χ0) is 17.4. The smallest absolute Gasteiger partial charge is 0.326 e. The molecule has 0 radical (unpaired) electrons. The van der Waals surface area contributed by atoms with Crippen molar-refractivity contribution in [2.45, 2.75) is 44.2 Å². The summed E-state index contributed by atoms with van der Waals surface area (Å²) in [5.41, 5.74) is -0.422. The molecule has 0 aromatic heterocycles. The SMILES string of the molecule is O=C(O)C1CC2CCCCC2N1C(=O)c1ccc([N+](=O)[O-])c(O)c1. The molecule has 1 aliphatic carbocycles. The fraction of sp³-hybridized carbons (Fsp3) is 0.500. The van der Waals surface area contributed by atoms with Crippen LogP contribution in [0.4, 0.5) is 5.69 Å². The second-order valence-electron chi connectivity index (χ2n) is 6.37. The third-order valence-electron chi connectivity index (χ3n) is 5.03. The van der Waals surface area contributed by atoms with E-state index in [1.54, 1.807) is 0 Å². The molecule has 2 N–H and O–H groups in total. The maximum absolute atomic E-state index is 12.8. The highest BCUT2D eigenvalue weighted by Gasteiger charge is 2.47. The van der Waals surface area contributed by atoms with Gasteiger partial charge in [-0.25, -0.2) is 4.79 Å². The van der Waals surface area contributed by atoms with Gasteiger partial charge in [0.2, 0.25) is 0 Å². The first-order valence-electron chi connectivity index (χ1n) is 7.93. The molecule has 3 unspecified atom stereocenters. The Kier molecular flexibility index (Phi) is 4.13. The van der Waals surface area contributed by atoms with Gasteiger partial charge in [0.15, 0.2) is 5.75 Å². The molecule has 3 atom stereocenters. The standard InChI is InChI=1S/C16H18N2O6/c19-14-8-10(5-6-12(14)18(23)24)15(20)17-11-4-2-1-3-9(11)7-13(17)16(21)22/h5-6,8-9,11,13,19H,1-4,7H2,(H,21,22). The molecule has 0 bridgehead atoms. The summed E-state index contributed by atoms with van der Waals surface area (Å²) in [6, 6.07) is 2.35. The third-order valence-corrected chi connectivity index (χ3v) is 5.03. The molecule has 0 spiro atoms. The summed E-state index contributed by atoms with van der Waals surface area (Å²) in [7, 11) is 0. The van der Waals surface area contributed by atoms with Gasteiger partial charge in [-0.3, -0.25) is 14.9 Å². The first-order chi connectivity index (χ1) is 11.4. The zero-order valence-corrected chi connectivity index (χ0v) is 12.9. The molecular formula is C16H18N2O6. The monoisotopic (exact) mass is 334 g/mol. The molecule has 1 saturated carbocycles. The number of rotatable bonds is 3. The van der Waals surface area contributed by atoms with Gasteiger partial charge < -0.3 is 15.1 Å². The number of aromatic hydroxyl groups is 1. The zero-order valence-electron chi connectivity index (χ0n) is 12.9. The largest absolute Gasteiger partial charge is 0.502 e. The molecule has 3 rings (SSSR count). The van der Waals surface area contributed by atoms with Gasteiger partial charge in [-0.05, 0) is 37.3 Å². The van der Waals surface area contributed by atoms with Crippen LogP contribution in [-0.2, 0) is 4.79 Å². The number of amides is 1. The summed E-state index contributed by atoms with van der Waals surface area (Å²) in [5.74, 6) is -1.96. The van der Waals surface area contributed by atoms with Crippen molar-refractivity contribution >= 4 is 17.6 Å². The Bertz CT molecular complexity index is 704. The Balaban J connectivity index is 1.93. The maximum atomic E-state index is 12.8. The number of carboxylic acid groups (broad SMARTS) is 1. The van der Waals surface area contributed by atoms with Gasteiger partial charge in [0, 0.05) is 17.7 Å². The van der Waals surface area contributed by atoms with Crippen LogP contribution in [0.1, 0.15) is 42.5 Å². The van der Waals surface area contributed by atoms with E-state index in [0.29, 0.717) is 6.42 Å². The third kappa shape index (κ3) is 2.68. The average molecular weight is 334 g/mol. The number of nitrogens with zero attached hydrogens (tertiary/aromatic N) is 2. The molecule has 2 fully saturated rings. The maximum Gasteiger partial charge on any atom is 0.326 e. The number of phenols is 1. The number of hydrogen-bond acceptors (Lipinski definition) is 5. The molecule has 1 heterocycles. The van der Waals surface area contributed by atoms with Gasteiger partial charge in [0.25, 0.3) is 5.91 Å². The van der Waals surface area contributed by atoms with Crippen LogP contribution in [0, 0.1) is 16.0 Å². The minimum atomic E-state index is -1.04.